The van der Waals surface area contributed by atoms with Crippen LogP contribution in [0.5, 0.6) is 0 Å². The van der Waals surface area contributed by atoms with Crippen molar-refractivity contribution in [1.82, 2.24) is 15.2 Å². The van der Waals surface area contributed by atoms with Gasteiger partial charge in [0.05, 0.1) is 6.20 Å². The summed E-state index contributed by atoms with van der Waals surface area (Å²) < 4.78 is 0. The van der Waals surface area contributed by atoms with Crippen LogP contribution in [-0.4, -0.2) is 28.3 Å². The van der Waals surface area contributed by atoms with Gasteiger partial charge in [0, 0.05) is 23.8 Å². The van der Waals surface area contributed by atoms with Gasteiger partial charge in [-0.05, 0) is 43.5 Å². The van der Waals surface area contributed by atoms with Gasteiger partial charge >= 0.3 is 0 Å². The van der Waals surface area contributed by atoms with Gasteiger partial charge in [0.2, 0.25) is 5.95 Å². The zero-order chi connectivity index (χ0) is 13.9. The van der Waals surface area contributed by atoms with Gasteiger partial charge in [-0.15, -0.1) is 5.10 Å². The SMILES string of the molecule is Cc1cc(Cl)ccc1Nc1nncc(N2CCCC2)n1. The van der Waals surface area contributed by atoms with Crippen LogP contribution < -0.4 is 10.2 Å². The smallest absolute Gasteiger partial charge is 0.249 e. The molecule has 0 unspecified atom stereocenters. The molecule has 2 heterocycles. The van der Waals surface area contributed by atoms with Gasteiger partial charge in [-0.25, -0.2) is 0 Å². The largest absolute Gasteiger partial charge is 0.355 e. The number of hydrogen-bond donors (Lipinski definition) is 1. The van der Waals surface area contributed by atoms with Crippen molar-refractivity contribution in [1.29, 1.82) is 0 Å². The van der Waals surface area contributed by atoms with Crippen molar-refractivity contribution in [2.75, 3.05) is 23.3 Å². The molecule has 0 spiro atoms. The van der Waals surface area contributed by atoms with Crippen LogP contribution in [-0.2, 0) is 0 Å². The number of aromatic nitrogens is 3. The van der Waals surface area contributed by atoms with Gasteiger partial charge in [-0.3, -0.25) is 0 Å². The summed E-state index contributed by atoms with van der Waals surface area (Å²) in [7, 11) is 0. The van der Waals surface area contributed by atoms with Gasteiger partial charge in [-0.2, -0.15) is 10.1 Å². The Morgan fingerprint density at radius 1 is 1.25 bits per heavy atom. The van der Waals surface area contributed by atoms with Gasteiger partial charge in [0.25, 0.3) is 0 Å². The van der Waals surface area contributed by atoms with Crippen LogP contribution >= 0.6 is 11.6 Å². The van der Waals surface area contributed by atoms with Crippen molar-refractivity contribution in [3.05, 3.63) is 35.0 Å². The molecule has 1 aliphatic rings. The Labute approximate surface area is 123 Å². The minimum Gasteiger partial charge on any atom is -0.355 e. The van der Waals surface area contributed by atoms with E-state index >= 15 is 0 Å². The zero-order valence-electron chi connectivity index (χ0n) is 11.3. The second kappa shape index (κ2) is 5.63. The third-order valence-electron chi connectivity index (χ3n) is 3.41. The lowest BCUT2D eigenvalue weighted by Gasteiger charge is -2.16. The molecule has 1 fully saturated rings. The second-order valence-electron chi connectivity index (χ2n) is 4.92. The first-order valence-corrected chi connectivity index (χ1v) is 7.08. The Morgan fingerprint density at radius 3 is 2.80 bits per heavy atom. The first-order chi connectivity index (χ1) is 9.72. The second-order valence-corrected chi connectivity index (χ2v) is 5.35. The molecule has 1 aromatic heterocycles. The Bertz CT molecular complexity index is 610. The summed E-state index contributed by atoms with van der Waals surface area (Å²) >= 11 is 5.95. The first-order valence-electron chi connectivity index (χ1n) is 6.70. The Kier molecular flexibility index (Phi) is 3.69. The van der Waals surface area contributed by atoms with Gasteiger partial charge in [-0.1, -0.05) is 11.6 Å². The molecular weight excluding hydrogens is 274 g/mol. The van der Waals surface area contributed by atoms with E-state index in [1.807, 2.05) is 25.1 Å². The quantitative estimate of drug-likeness (QED) is 0.940. The van der Waals surface area contributed by atoms with Gasteiger partial charge in [0.1, 0.15) is 0 Å². The normalized spacial score (nSPS) is 14.6. The van der Waals surface area contributed by atoms with E-state index in [-0.39, 0.29) is 0 Å². The molecular formula is C14H16ClN5. The van der Waals surface area contributed by atoms with E-state index in [2.05, 4.69) is 25.4 Å². The third kappa shape index (κ3) is 2.82. The number of rotatable bonds is 3. The average Bonchev–Trinajstić information content (AvgIpc) is 2.96. The zero-order valence-corrected chi connectivity index (χ0v) is 12.1. The molecule has 0 amide bonds. The molecule has 1 N–H and O–H groups in total. The predicted molar refractivity (Wildman–Crippen MR) is 80.7 cm³/mol. The fraction of sp³-hybridized carbons (Fsp3) is 0.357. The highest BCUT2D eigenvalue weighted by molar-refractivity contribution is 6.30. The molecule has 1 aromatic carbocycles. The highest BCUT2D eigenvalue weighted by Gasteiger charge is 2.14. The molecule has 3 rings (SSSR count). The number of aryl methyl sites for hydroxylation is 1. The van der Waals surface area contributed by atoms with E-state index in [1.54, 1.807) is 6.20 Å². The van der Waals surface area contributed by atoms with Crippen LogP contribution in [0.4, 0.5) is 17.5 Å². The summed E-state index contributed by atoms with van der Waals surface area (Å²) in [6.45, 7) is 4.07. The minimum absolute atomic E-state index is 0.514. The molecule has 104 valence electrons. The Hall–Kier alpha value is -1.88. The van der Waals surface area contributed by atoms with Crippen molar-refractivity contribution in [3.63, 3.8) is 0 Å². The maximum Gasteiger partial charge on any atom is 0.249 e. The van der Waals surface area contributed by atoms with Crippen molar-refractivity contribution in [2.45, 2.75) is 19.8 Å². The topological polar surface area (TPSA) is 53.9 Å². The van der Waals surface area contributed by atoms with E-state index in [1.165, 1.54) is 12.8 Å². The van der Waals surface area contributed by atoms with Crippen LogP contribution in [0.3, 0.4) is 0 Å². The molecule has 0 aliphatic carbocycles. The summed E-state index contributed by atoms with van der Waals surface area (Å²) in [4.78, 5) is 6.75. The number of halogens is 1. The van der Waals surface area contributed by atoms with Gasteiger partial charge in [0.15, 0.2) is 5.82 Å². The predicted octanol–water partition coefficient (Wildman–Crippen LogP) is 3.18. The Balaban J connectivity index is 1.81. The number of hydrogen-bond acceptors (Lipinski definition) is 5. The Morgan fingerprint density at radius 2 is 2.05 bits per heavy atom. The van der Waals surface area contributed by atoms with Crippen molar-refractivity contribution >= 4 is 29.1 Å². The molecule has 1 saturated heterocycles. The van der Waals surface area contributed by atoms with Crippen molar-refractivity contribution < 1.29 is 0 Å². The van der Waals surface area contributed by atoms with Crippen LogP contribution in [0.1, 0.15) is 18.4 Å². The minimum atomic E-state index is 0.514. The average molecular weight is 290 g/mol. The summed E-state index contributed by atoms with van der Waals surface area (Å²) in [5.74, 6) is 1.39. The lowest BCUT2D eigenvalue weighted by Crippen LogP contribution is -2.20. The number of benzene rings is 1. The summed E-state index contributed by atoms with van der Waals surface area (Å²) in [5, 5.41) is 12.0. The number of nitrogens with one attached hydrogen (secondary N) is 1. The van der Waals surface area contributed by atoms with E-state index in [0.29, 0.717) is 5.95 Å². The third-order valence-corrected chi connectivity index (χ3v) is 3.65. The van der Waals surface area contributed by atoms with Crippen LogP contribution in [0.2, 0.25) is 5.02 Å². The monoisotopic (exact) mass is 289 g/mol. The lowest BCUT2D eigenvalue weighted by atomic mass is 10.2. The first kappa shape index (κ1) is 13.1. The fourth-order valence-corrected chi connectivity index (χ4v) is 2.56. The molecule has 2 aromatic rings. The summed E-state index contributed by atoms with van der Waals surface area (Å²) in [6, 6.07) is 5.67. The molecule has 6 heteroatoms. The molecule has 5 nitrogen and oxygen atoms in total. The molecule has 0 saturated carbocycles. The van der Waals surface area contributed by atoms with E-state index in [9.17, 15) is 0 Å². The number of nitrogens with zero attached hydrogens (tertiary/aromatic N) is 4. The van der Waals surface area contributed by atoms with Crippen LogP contribution in [0.15, 0.2) is 24.4 Å². The molecule has 1 aliphatic heterocycles. The maximum atomic E-state index is 5.95. The van der Waals surface area contributed by atoms with Gasteiger partial charge < -0.3 is 10.2 Å². The van der Waals surface area contributed by atoms with E-state index in [4.69, 9.17) is 11.6 Å². The molecule has 0 bridgehead atoms. The highest BCUT2D eigenvalue weighted by atomic mass is 35.5. The molecule has 20 heavy (non-hydrogen) atoms. The molecule has 0 radical (unpaired) electrons. The van der Waals surface area contributed by atoms with Crippen molar-refractivity contribution in [3.8, 4) is 0 Å². The summed E-state index contributed by atoms with van der Waals surface area (Å²) in [6.07, 6.45) is 4.14. The fourth-order valence-electron chi connectivity index (χ4n) is 2.33. The highest BCUT2D eigenvalue weighted by Crippen LogP contribution is 2.23. The van der Waals surface area contributed by atoms with Crippen LogP contribution in [0, 0.1) is 6.92 Å². The summed E-state index contributed by atoms with van der Waals surface area (Å²) in [5.41, 5.74) is 1.99. The number of anilines is 3. The van der Waals surface area contributed by atoms with Crippen molar-refractivity contribution in [2.24, 2.45) is 0 Å². The standard InChI is InChI=1S/C14H16ClN5/c1-10-8-11(15)4-5-12(10)17-14-18-13(9-16-19-14)20-6-2-3-7-20/h4-5,8-9H,2-3,6-7H2,1H3,(H,17,18,19). The maximum absolute atomic E-state index is 5.95. The lowest BCUT2D eigenvalue weighted by molar-refractivity contribution is 0.890. The van der Waals surface area contributed by atoms with Crippen LogP contribution in [0.25, 0.3) is 0 Å². The van der Waals surface area contributed by atoms with E-state index < -0.39 is 0 Å². The van der Waals surface area contributed by atoms with E-state index in [0.717, 1.165) is 35.2 Å². The molecule has 0 atom stereocenters.